The first-order valence-electron chi connectivity index (χ1n) is 7.16. The van der Waals surface area contributed by atoms with Crippen LogP contribution in [-0.4, -0.2) is 27.9 Å². The van der Waals surface area contributed by atoms with Gasteiger partial charge in [-0.2, -0.15) is 5.10 Å². The van der Waals surface area contributed by atoms with E-state index in [1.807, 2.05) is 24.3 Å². The van der Waals surface area contributed by atoms with Crippen molar-refractivity contribution in [3.63, 3.8) is 0 Å². The highest BCUT2D eigenvalue weighted by Crippen LogP contribution is 2.22. The Morgan fingerprint density at radius 3 is 2.58 bits per heavy atom. The second-order valence-electron chi connectivity index (χ2n) is 5.07. The molecule has 1 fully saturated rings. The van der Waals surface area contributed by atoms with Crippen molar-refractivity contribution >= 4 is 45.0 Å². The van der Waals surface area contributed by atoms with Gasteiger partial charge in [-0.3, -0.25) is 9.69 Å². The summed E-state index contributed by atoms with van der Waals surface area (Å²) in [6, 6.07) is 13.8. The maximum Gasteiger partial charge on any atom is 0.239 e. The van der Waals surface area contributed by atoms with Gasteiger partial charge in [-0.25, -0.2) is 4.39 Å². The summed E-state index contributed by atoms with van der Waals surface area (Å²) in [5, 5.41) is 8.77. The summed E-state index contributed by atoms with van der Waals surface area (Å²) in [5.74, 6) is 0.0177. The van der Waals surface area contributed by atoms with Crippen molar-refractivity contribution in [1.29, 1.82) is 0 Å². The Morgan fingerprint density at radius 2 is 1.88 bits per heavy atom. The molecule has 0 atom stereocenters. The zero-order chi connectivity index (χ0) is 16.9. The Balaban J connectivity index is 1.72. The van der Waals surface area contributed by atoms with Crippen LogP contribution in [0.1, 0.15) is 11.1 Å². The molecule has 0 aliphatic carbocycles. The van der Waals surface area contributed by atoms with Crippen LogP contribution < -0.4 is 0 Å². The molecule has 0 bridgehead atoms. The molecular weight excluding hydrogens is 393 g/mol. The van der Waals surface area contributed by atoms with Crippen LogP contribution in [0.3, 0.4) is 0 Å². The zero-order valence-corrected chi connectivity index (χ0v) is 14.9. The van der Waals surface area contributed by atoms with Gasteiger partial charge >= 0.3 is 0 Å². The Labute approximate surface area is 151 Å². The number of amidine groups is 1. The topological polar surface area (TPSA) is 45.0 Å². The molecule has 2 aromatic carbocycles. The van der Waals surface area contributed by atoms with Gasteiger partial charge in [-0.1, -0.05) is 52.0 Å². The lowest BCUT2D eigenvalue weighted by atomic mass is 10.2. The molecule has 0 N–H and O–H groups in total. The van der Waals surface area contributed by atoms with Gasteiger partial charge in [0.2, 0.25) is 5.91 Å². The molecule has 4 nitrogen and oxygen atoms in total. The fourth-order valence-electron chi connectivity index (χ4n) is 2.09. The van der Waals surface area contributed by atoms with Crippen LogP contribution in [0.4, 0.5) is 4.39 Å². The molecule has 7 heteroatoms. The van der Waals surface area contributed by atoms with E-state index in [0.717, 1.165) is 15.6 Å². The first-order valence-corrected chi connectivity index (χ1v) is 8.94. The van der Waals surface area contributed by atoms with Crippen molar-refractivity contribution in [3.8, 4) is 0 Å². The highest BCUT2D eigenvalue weighted by Gasteiger charge is 2.28. The van der Waals surface area contributed by atoms with Gasteiger partial charge in [0.25, 0.3) is 0 Å². The molecule has 1 amide bonds. The number of halogens is 2. The van der Waals surface area contributed by atoms with Crippen molar-refractivity contribution in [3.05, 3.63) is 69.9 Å². The zero-order valence-electron chi connectivity index (χ0n) is 12.5. The van der Waals surface area contributed by atoms with E-state index in [1.165, 1.54) is 23.9 Å². The first-order chi connectivity index (χ1) is 11.6. The second-order valence-corrected chi connectivity index (χ2v) is 6.93. The van der Waals surface area contributed by atoms with E-state index < -0.39 is 0 Å². The van der Waals surface area contributed by atoms with Crippen LogP contribution in [0, 0.1) is 5.82 Å². The molecule has 1 aliphatic heterocycles. The highest BCUT2D eigenvalue weighted by atomic mass is 79.9. The molecule has 24 heavy (non-hydrogen) atoms. The fraction of sp³-hybridized carbons (Fsp3) is 0.118. The minimum absolute atomic E-state index is 0.0260. The number of amides is 1. The van der Waals surface area contributed by atoms with Gasteiger partial charge in [0.1, 0.15) is 5.82 Å². The third-order valence-electron chi connectivity index (χ3n) is 3.33. The fourth-order valence-corrected chi connectivity index (χ4v) is 3.19. The molecule has 0 spiro atoms. The molecule has 1 aliphatic rings. The molecule has 1 heterocycles. The summed E-state index contributed by atoms with van der Waals surface area (Å²) in [7, 11) is 0. The van der Waals surface area contributed by atoms with Crippen LogP contribution >= 0.6 is 27.7 Å². The standard InChI is InChI=1S/C17H13BrFN3OS/c18-14-5-1-12(2-6-14)9-20-21-17-22(16(23)11-24-17)10-13-3-7-15(19)8-4-13/h1-9H,10-11H2. The summed E-state index contributed by atoms with van der Waals surface area (Å²) in [6.07, 6.45) is 1.64. The predicted octanol–water partition coefficient (Wildman–Crippen LogP) is 4.05. The third kappa shape index (κ3) is 4.30. The molecule has 122 valence electrons. The minimum Gasteiger partial charge on any atom is -0.285 e. The smallest absolute Gasteiger partial charge is 0.239 e. The van der Waals surface area contributed by atoms with Crippen molar-refractivity contribution in [2.45, 2.75) is 6.54 Å². The summed E-state index contributed by atoms with van der Waals surface area (Å²) >= 11 is 4.72. The lowest BCUT2D eigenvalue weighted by Crippen LogP contribution is -2.28. The van der Waals surface area contributed by atoms with E-state index >= 15 is 0 Å². The number of rotatable bonds is 4. The minimum atomic E-state index is -0.297. The summed E-state index contributed by atoms with van der Waals surface area (Å²) in [6.45, 7) is 0.360. The van der Waals surface area contributed by atoms with E-state index in [9.17, 15) is 9.18 Å². The number of nitrogens with zero attached hydrogens (tertiary/aromatic N) is 3. The van der Waals surface area contributed by atoms with E-state index in [2.05, 4.69) is 26.1 Å². The summed E-state index contributed by atoms with van der Waals surface area (Å²) in [4.78, 5) is 13.6. The predicted molar refractivity (Wildman–Crippen MR) is 98.6 cm³/mol. The van der Waals surface area contributed by atoms with Crippen LogP contribution in [0.5, 0.6) is 0 Å². The van der Waals surface area contributed by atoms with Gasteiger partial charge < -0.3 is 0 Å². The molecule has 2 aromatic rings. The molecular formula is C17H13BrFN3OS. The molecule has 0 aromatic heterocycles. The van der Waals surface area contributed by atoms with E-state index in [1.54, 1.807) is 23.2 Å². The normalized spacial score (nSPS) is 16.5. The summed E-state index contributed by atoms with van der Waals surface area (Å²) < 4.78 is 14.0. The Bertz CT molecular complexity index is 790. The lowest BCUT2D eigenvalue weighted by Gasteiger charge is -2.15. The molecule has 0 saturated carbocycles. The molecule has 3 rings (SSSR count). The average molecular weight is 406 g/mol. The molecule has 1 saturated heterocycles. The van der Waals surface area contributed by atoms with Crippen molar-refractivity contribution in [2.75, 3.05) is 5.75 Å². The average Bonchev–Trinajstić information content (AvgIpc) is 2.92. The number of benzene rings is 2. The number of hydrogen-bond donors (Lipinski definition) is 0. The number of carbonyl (C=O) groups is 1. The van der Waals surface area contributed by atoms with E-state index in [0.29, 0.717) is 17.5 Å². The van der Waals surface area contributed by atoms with Crippen LogP contribution in [0.25, 0.3) is 0 Å². The largest absolute Gasteiger partial charge is 0.285 e. The number of thioether (sulfide) groups is 1. The number of hydrogen-bond acceptors (Lipinski definition) is 4. The Hall–Kier alpha value is -1.99. The van der Waals surface area contributed by atoms with Gasteiger partial charge in [0.15, 0.2) is 5.17 Å². The second kappa shape index (κ2) is 7.72. The quantitative estimate of drug-likeness (QED) is 0.568. The lowest BCUT2D eigenvalue weighted by molar-refractivity contribution is -0.124. The van der Waals surface area contributed by atoms with E-state index in [4.69, 9.17) is 0 Å². The highest BCUT2D eigenvalue weighted by molar-refractivity contribution is 9.10. The van der Waals surface area contributed by atoms with Crippen molar-refractivity contribution in [2.24, 2.45) is 10.2 Å². The van der Waals surface area contributed by atoms with E-state index in [-0.39, 0.29) is 11.7 Å². The Kier molecular flexibility index (Phi) is 5.42. The van der Waals surface area contributed by atoms with Gasteiger partial charge in [-0.15, -0.1) is 5.10 Å². The van der Waals surface area contributed by atoms with Crippen molar-refractivity contribution in [1.82, 2.24) is 4.90 Å². The van der Waals surface area contributed by atoms with Crippen LogP contribution in [0.2, 0.25) is 0 Å². The van der Waals surface area contributed by atoms with Gasteiger partial charge in [0, 0.05) is 4.47 Å². The van der Waals surface area contributed by atoms with Gasteiger partial charge in [-0.05, 0) is 35.4 Å². The molecule has 0 radical (unpaired) electrons. The maximum absolute atomic E-state index is 13.0. The van der Waals surface area contributed by atoms with Gasteiger partial charge in [0.05, 0.1) is 18.5 Å². The maximum atomic E-state index is 13.0. The van der Waals surface area contributed by atoms with Crippen LogP contribution in [-0.2, 0) is 11.3 Å². The third-order valence-corrected chi connectivity index (χ3v) is 4.81. The SMILES string of the molecule is O=C1CSC(=NN=Cc2ccc(Br)cc2)N1Cc1ccc(F)cc1. The monoisotopic (exact) mass is 405 g/mol. The Morgan fingerprint density at radius 1 is 1.17 bits per heavy atom. The van der Waals surface area contributed by atoms with Crippen LogP contribution in [0.15, 0.2) is 63.2 Å². The molecule has 0 unspecified atom stereocenters. The number of carbonyl (C=O) groups excluding carboxylic acids is 1. The van der Waals surface area contributed by atoms with Crippen molar-refractivity contribution < 1.29 is 9.18 Å². The summed E-state index contributed by atoms with van der Waals surface area (Å²) in [5.41, 5.74) is 1.76. The first kappa shape index (κ1) is 16.9.